The maximum absolute atomic E-state index is 13.0. The van der Waals surface area contributed by atoms with Gasteiger partial charge in [-0.3, -0.25) is 0 Å². The summed E-state index contributed by atoms with van der Waals surface area (Å²) >= 11 is 0. The lowest BCUT2D eigenvalue weighted by atomic mass is 10.2. The molecule has 4 nitrogen and oxygen atoms in total. The third kappa shape index (κ3) is 4.65. The molecule has 0 atom stereocenters. The van der Waals surface area contributed by atoms with Crippen LogP contribution < -0.4 is 15.4 Å². The van der Waals surface area contributed by atoms with E-state index in [4.69, 9.17) is 4.74 Å². The fraction of sp³-hybridized carbons (Fsp3) is 0.0625. The second kappa shape index (κ2) is 7.09. The smallest absolute Gasteiger partial charge is 0.323 e. The van der Waals surface area contributed by atoms with Gasteiger partial charge in [-0.15, -0.1) is 0 Å². The van der Waals surface area contributed by atoms with Gasteiger partial charge in [0.05, 0.1) is 7.11 Å². The number of ether oxygens (including phenoxy) is 1. The minimum atomic E-state index is -0.439. The summed E-state index contributed by atoms with van der Waals surface area (Å²) in [6.07, 6.45) is 3.25. The number of methoxy groups -OCH3 is 1. The van der Waals surface area contributed by atoms with Gasteiger partial charge in [-0.2, -0.15) is 0 Å². The number of carbonyl (C=O) groups is 1. The molecule has 2 N–H and O–H groups in total. The number of urea groups is 1. The van der Waals surface area contributed by atoms with Crippen LogP contribution in [0.25, 0.3) is 6.08 Å². The van der Waals surface area contributed by atoms with E-state index in [2.05, 4.69) is 10.6 Å². The first-order chi connectivity index (χ1) is 10.2. The molecule has 0 spiro atoms. The number of amides is 2. The minimum Gasteiger partial charge on any atom is -0.497 e. The maximum atomic E-state index is 13.0. The van der Waals surface area contributed by atoms with Gasteiger partial charge in [-0.25, -0.2) is 9.18 Å². The van der Waals surface area contributed by atoms with Crippen LogP contribution in [0.5, 0.6) is 5.75 Å². The summed E-state index contributed by atoms with van der Waals surface area (Å²) in [6.45, 7) is 0. The summed E-state index contributed by atoms with van der Waals surface area (Å²) in [5, 5.41) is 5.07. The van der Waals surface area contributed by atoms with Gasteiger partial charge >= 0.3 is 6.03 Å². The number of carbonyl (C=O) groups excluding carboxylic acids is 1. The summed E-state index contributed by atoms with van der Waals surface area (Å²) in [6, 6.07) is 12.6. The Bertz CT molecular complexity index is 639. The third-order valence-electron chi connectivity index (χ3n) is 2.69. The molecule has 2 aromatic rings. The van der Waals surface area contributed by atoms with Gasteiger partial charge in [0, 0.05) is 11.9 Å². The van der Waals surface area contributed by atoms with Gasteiger partial charge < -0.3 is 15.4 Å². The topological polar surface area (TPSA) is 50.4 Å². The van der Waals surface area contributed by atoms with E-state index < -0.39 is 11.8 Å². The molecule has 2 rings (SSSR count). The fourth-order valence-corrected chi connectivity index (χ4v) is 1.66. The van der Waals surface area contributed by atoms with Gasteiger partial charge in [0.25, 0.3) is 0 Å². The van der Waals surface area contributed by atoms with Crippen LogP contribution in [-0.2, 0) is 0 Å². The summed E-state index contributed by atoms with van der Waals surface area (Å²) in [5.74, 6) is 0.366. The van der Waals surface area contributed by atoms with Crippen molar-refractivity contribution in [3.8, 4) is 5.75 Å². The summed E-state index contributed by atoms with van der Waals surface area (Å²) in [5.41, 5.74) is 1.31. The van der Waals surface area contributed by atoms with Crippen LogP contribution >= 0.6 is 0 Å². The van der Waals surface area contributed by atoms with Crippen LogP contribution in [0, 0.1) is 5.82 Å². The van der Waals surface area contributed by atoms with Crippen LogP contribution in [0.1, 0.15) is 5.56 Å². The first-order valence-corrected chi connectivity index (χ1v) is 6.31. The van der Waals surface area contributed by atoms with Gasteiger partial charge in [-0.05, 0) is 42.0 Å². The number of hydrogen-bond donors (Lipinski definition) is 2. The Balaban J connectivity index is 1.86. The minimum absolute atomic E-state index is 0.394. The molecular weight excluding hydrogens is 271 g/mol. The van der Waals surface area contributed by atoms with E-state index in [1.165, 1.54) is 24.4 Å². The molecule has 0 saturated carbocycles. The van der Waals surface area contributed by atoms with Crippen molar-refractivity contribution in [1.82, 2.24) is 5.32 Å². The Labute approximate surface area is 122 Å². The lowest BCUT2D eigenvalue weighted by molar-refractivity contribution is 0.255. The predicted molar refractivity (Wildman–Crippen MR) is 80.6 cm³/mol. The number of benzene rings is 2. The monoisotopic (exact) mass is 286 g/mol. The SMILES string of the molecule is COc1ccc(/C=C/NC(=O)Nc2cccc(F)c2)cc1. The molecule has 0 aliphatic rings. The van der Waals surface area contributed by atoms with Crippen LogP contribution in [0.15, 0.2) is 54.7 Å². The Morgan fingerprint density at radius 2 is 1.95 bits per heavy atom. The number of rotatable bonds is 4. The average Bonchev–Trinajstić information content (AvgIpc) is 2.48. The van der Waals surface area contributed by atoms with E-state index in [1.54, 1.807) is 19.3 Å². The molecule has 0 unspecified atom stereocenters. The molecule has 0 heterocycles. The van der Waals surface area contributed by atoms with Crippen molar-refractivity contribution in [2.75, 3.05) is 12.4 Å². The molecule has 21 heavy (non-hydrogen) atoms. The molecule has 108 valence electrons. The highest BCUT2D eigenvalue weighted by Gasteiger charge is 1.99. The Morgan fingerprint density at radius 1 is 1.19 bits per heavy atom. The van der Waals surface area contributed by atoms with E-state index in [9.17, 15) is 9.18 Å². The van der Waals surface area contributed by atoms with E-state index >= 15 is 0 Å². The molecule has 5 heteroatoms. The molecule has 0 saturated heterocycles. The predicted octanol–water partition coefficient (Wildman–Crippen LogP) is 3.63. The molecule has 0 aliphatic heterocycles. The number of anilines is 1. The first-order valence-electron chi connectivity index (χ1n) is 6.31. The Hall–Kier alpha value is -2.82. The summed E-state index contributed by atoms with van der Waals surface area (Å²) in [7, 11) is 1.60. The molecule has 2 aromatic carbocycles. The van der Waals surface area contributed by atoms with Gasteiger partial charge in [0.2, 0.25) is 0 Å². The van der Waals surface area contributed by atoms with E-state index in [-0.39, 0.29) is 0 Å². The molecule has 0 bridgehead atoms. The molecule has 0 aromatic heterocycles. The average molecular weight is 286 g/mol. The quantitative estimate of drug-likeness (QED) is 0.901. The Morgan fingerprint density at radius 3 is 2.62 bits per heavy atom. The largest absolute Gasteiger partial charge is 0.497 e. The van der Waals surface area contributed by atoms with Crippen molar-refractivity contribution in [3.63, 3.8) is 0 Å². The van der Waals surface area contributed by atoms with Gasteiger partial charge in [0.1, 0.15) is 11.6 Å². The lowest BCUT2D eigenvalue weighted by Crippen LogP contribution is -2.23. The zero-order valence-corrected chi connectivity index (χ0v) is 11.5. The highest BCUT2D eigenvalue weighted by atomic mass is 19.1. The molecule has 0 aliphatic carbocycles. The van der Waals surface area contributed by atoms with Gasteiger partial charge in [0.15, 0.2) is 0 Å². The number of nitrogens with one attached hydrogen (secondary N) is 2. The van der Waals surface area contributed by atoms with Crippen molar-refractivity contribution in [2.24, 2.45) is 0 Å². The first kappa shape index (κ1) is 14.6. The van der Waals surface area contributed by atoms with Gasteiger partial charge in [-0.1, -0.05) is 18.2 Å². The van der Waals surface area contributed by atoms with Crippen LogP contribution in [0.3, 0.4) is 0 Å². The second-order valence-corrected chi connectivity index (χ2v) is 4.22. The zero-order chi connectivity index (χ0) is 15.1. The Kier molecular flexibility index (Phi) is 4.93. The fourth-order valence-electron chi connectivity index (χ4n) is 1.66. The van der Waals surface area contributed by atoms with Crippen molar-refractivity contribution in [3.05, 3.63) is 66.1 Å². The molecular formula is C16H15FN2O2. The zero-order valence-electron chi connectivity index (χ0n) is 11.5. The second-order valence-electron chi connectivity index (χ2n) is 4.22. The third-order valence-corrected chi connectivity index (χ3v) is 2.69. The highest BCUT2D eigenvalue weighted by molar-refractivity contribution is 5.90. The maximum Gasteiger partial charge on any atom is 0.323 e. The van der Waals surface area contributed by atoms with Crippen molar-refractivity contribution < 1.29 is 13.9 Å². The van der Waals surface area contributed by atoms with E-state index in [0.29, 0.717) is 5.69 Å². The molecule has 0 radical (unpaired) electrons. The molecule has 0 fully saturated rings. The van der Waals surface area contributed by atoms with Crippen molar-refractivity contribution >= 4 is 17.8 Å². The van der Waals surface area contributed by atoms with Crippen molar-refractivity contribution in [2.45, 2.75) is 0 Å². The van der Waals surface area contributed by atoms with Crippen molar-refractivity contribution in [1.29, 1.82) is 0 Å². The number of halogens is 1. The standard InChI is InChI=1S/C16H15FN2O2/c1-21-15-7-5-12(6-8-15)9-10-18-16(20)19-14-4-2-3-13(17)11-14/h2-11H,1H3,(H2,18,19,20)/b10-9+. The van der Waals surface area contributed by atoms with Crippen LogP contribution in [0.2, 0.25) is 0 Å². The van der Waals surface area contributed by atoms with E-state index in [0.717, 1.165) is 11.3 Å². The van der Waals surface area contributed by atoms with Crippen LogP contribution in [0.4, 0.5) is 14.9 Å². The highest BCUT2D eigenvalue weighted by Crippen LogP contribution is 2.12. The summed E-state index contributed by atoms with van der Waals surface area (Å²) in [4.78, 5) is 11.6. The van der Waals surface area contributed by atoms with E-state index in [1.807, 2.05) is 24.3 Å². The number of hydrogen-bond acceptors (Lipinski definition) is 2. The summed E-state index contributed by atoms with van der Waals surface area (Å²) < 4.78 is 18.0. The lowest BCUT2D eigenvalue weighted by Gasteiger charge is -2.04. The normalized spacial score (nSPS) is 10.4. The molecule has 2 amide bonds. The van der Waals surface area contributed by atoms with Crippen LogP contribution in [-0.4, -0.2) is 13.1 Å².